The summed E-state index contributed by atoms with van der Waals surface area (Å²) < 4.78 is 20.4. The maximum absolute atomic E-state index is 13.9. The summed E-state index contributed by atoms with van der Waals surface area (Å²) in [5.74, 6) is 0.495. The molecule has 2 aromatic carbocycles. The lowest BCUT2D eigenvalue weighted by molar-refractivity contribution is 0.439. The Bertz CT molecular complexity index is 613. The van der Waals surface area contributed by atoms with Crippen molar-refractivity contribution in [3.63, 3.8) is 0 Å². The average Bonchev–Trinajstić information content (AvgIpc) is 2.38. The molecule has 0 aliphatic carbocycles. The molecule has 1 unspecified atom stereocenters. The predicted molar refractivity (Wildman–Crippen MR) is 82.7 cm³/mol. The number of aryl methyl sites for hydroxylation is 1. The third-order valence-electron chi connectivity index (χ3n) is 2.95. The minimum absolute atomic E-state index is 0.0901. The van der Waals surface area contributed by atoms with Gasteiger partial charge in [0.2, 0.25) is 0 Å². The molecule has 0 aliphatic heterocycles. The Morgan fingerprint density at radius 1 is 1.30 bits per heavy atom. The van der Waals surface area contributed by atoms with Crippen molar-refractivity contribution in [1.29, 1.82) is 0 Å². The van der Waals surface area contributed by atoms with Crippen LogP contribution < -0.4 is 10.5 Å². The maximum Gasteiger partial charge on any atom is 0.168 e. The standard InChI is InChI=1S/C16H17BrFNO/c1-10-4-3-5-15(16(10)18)20-13-7-6-12(8-11(2)19)14(17)9-13/h3-7,9,11H,8,19H2,1-2H3. The highest BCUT2D eigenvalue weighted by Crippen LogP contribution is 2.30. The molecule has 0 heterocycles. The lowest BCUT2D eigenvalue weighted by atomic mass is 10.1. The van der Waals surface area contributed by atoms with E-state index in [0.29, 0.717) is 11.3 Å². The van der Waals surface area contributed by atoms with Crippen molar-refractivity contribution in [2.24, 2.45) is 5.73 Å². The number of hydrogen-bond acceptors (Lipinski definition) is 2. The molecule has 0 radical (unpaired) electrons. The lowest BCUT2D eigenvalue weighted by Gasteiger charge is -2.11. The largest absolute Gasteiger partial charge is 0.454 e. The van der Waals surface area contributed by atoms with Crippen molar-refractivity contribution < 1.29 is 9.13 Å². The molecule has 2 N–H and O–H groups in total. The van der Waals surface area contributed by atoms with Gasteiger partial charge >= 0.3 is 0 Å². The van der Waals surface area contributed by atoms with Gasteiger partial charge in [0.15, 0.2) is 11.6 Å². The smallest absolute Gasteiger partial charge is 0.168 e. The summed E-state index contributed by atoms with van der Waals surface area (Å²) in [7, 11) is 0. The Kier molecular flexibility index (Phi) is 4.78. The third-order valence-corrected chi connectivity index (χ3v) is 3.69. The Morgan fingerprint density at radius 3 is 2.70 bits per heavy atom. The van der Waals surface area contributed by atoms with Gasteiger partial charge in [-0.15, -0.1) is 0 Å². The first-order valence-electron chi connectivity index (χ1n) is 6.44. The summed E-state index contributed by atoms with van der Waals surface area (Å²) in [5, 5.41) is 0. The van der Waals surface area contributed by atoms with E-state index in [9.17, 15) is 4.39 Å². The summed E-state index contributed by atoms with van der Waals surface area (Å²) in [6.07, 6.45) is 0.777. The van der Waals surface area contributed by atoms with Crippen LogP contribution in [0.25, 0.3) is 0 Å². The molecule has 2 aromatic rings. The highest BCUT2D eigenvalue weighted by Gasteiger charge is 2.09. The van der Waals surface area contributed by atoms with E-state index in [-0.39, 0.29) is 17.6 Å². The van der Waals surface area contributed by atoms with Gasteiger partial charge in [0.1, 0.15) is 5.75 Å². The summed E-state index contributed by atoms with van der Waals surface area (Å²) in [6, 6.07) is 10.8. The molecular weight excluding hydrogens is 321 g/mol. The first-order valence-corrected chi connectivity index (χ1v) is 7.23. The molecular formula is C16H17BrFNO. The average molecular weight is 338 g/mol. The fraction of sp³-hybridized carbons (Fsp3) is 0.250. The summed E-state index contributed by atoms with van der Waals surface area (Å²) >= 11 is 3.49. The van der Waals surface area contributed by atoms with Gasteiger partial charge in [-0.3, -0.25) is 0 Å². The van der Waals surface area contributed by atoms with Crippen LogP contribution in [0, 0.1) is 12.7 Å². The van der Waals surface area contributed by atoms with Gasteiger partial charge in [-0.05, 0) is 49.6 Å². The summed E-state index contributed by atoms with van der Waals surface area (Å²) in [4.78, 5) is 0. The van der Waals surface area contributed by atoms with E-state index in [2.05, 4.69) is 15.9 Å². The molecule has 0 saturated heterocycles. The van der Waals surface area contributed by atoms with E-state index in [1.807, 2.05) is 25.1 Å². The van der Waals surface area contributed by atoms with Crippen LogP contribution in [0.4, 0.5) is 4.39 Å². The van der Waals surface area contributed by atoms with Gasteiger partial charge < -0.3 is 10.5 Å². The fourth-order valence-corrected chi connectivity index (χ4v) is 2.45. The van der Waals surface area contributed by atoms with Gasteiger partial charge in [-0.25, -0.2) is 4.39 Å². The van der Waals surface area contributed by atoms with Gasteiger partial charge in [-0.2, -0.15) is 0 Å². The van der Waals surface area contributed by atoms with Crippen LogP contribution in [0.5, 0.6) is 11.5 Å². The number of halogens is 2. The van der Waals surface area contributed by atoms with Crippen molar-refractivity contribution in [1.82, 2.24) is 0 Å². The minimum Gasteiger partial charge on any atom is -0.454 e. The van der Waals surface area contributed by atoms with E-state index in [1.165, 1.54) is 0 Å². The van der Waals surface area contributed by atoms with Gasteiger partial charge in [0.25, 0.3) is 0 Å². The minimum atomic E-state index is -0.330. The lowest BCUT2D eigenvalue weighted by Crippen LogP contribution is -2.17. The Balaban J connectivity index is 2.22. The summed E-state index contributed by atoms with van der Waals surface area (Å²) in [5.41, 5.74) is 7.46. The molecule has 0 fully saturated rings. The molecule has 0 aromatic heterocycles. The van der Waals surface area contributed by atoms with Crippen LogP contribution in [-0.4, -0.2) is 6.04 Å². The monoisotopic (exact) mass is 337 g/mol. The van der Waals surface area contributed by atoms with Crippen molar-refractivity contribution in [3.8, 4) is 11.5 Å². The Morgan fingerprint density at radius 2 is 2.05 bits per heavy atom. The molecule has 2 nitrogen and oxygen atoms in total. The first kappa shape index (κ1) is 15.0. The molecule has 2 rings (SSSR count). The van der Waals surface area contributed by atoms with Crippen molar-refractivity contribution in [3.05, 3.63) is 57.8 Å². The maximum atomic E-state index is 13.9. The summed E-state index contributed by atoms with van der Waals surface area (Å²) in [6.45, 7) is 3.67. The molecule has 0 aliphatic rings. The molecule has 0 spiro atoms. The first-order chi connectivity index (χ1) is 9.47. The van der Waals surface area contributed by atoms with Crippen molar-refractivity contribution in [2.75, 3.05) is 0 Å². The fourth-order valence-electron chi connectivity index (χ4n) is 1.93. The third kappa shape index (κ3) is 3.58. The topological polar surface area (TPSA) is 35.2 Å². The highest BCUT2D eigenvalue weighted by molar-refractivity contribution is 9.10. The van der Waals surface area contributed by atoms with Gasteiger partial charge in [-0.1, -0.05) is 34.1 Å². The molecule has 20 heavy (non-hydrogen) atoms. The number of benzene rings is 2. The number of hydrogen-bond donors (Lipinski definition) is 1. The zero-order valence-electron chi connectivity index (χ0n) is 11.5. The molecule has 106 valence electrons. The van der Waals surface area contributed by atoms with Crippen LogP contribution >= 0.6 is 15.9 Å². The van der Waals surface area contributed by atoms with E-state index in [0.717, 1.165) is 16.5 Å². The number of nitrogens with two attached hydrogens (primary N) is 1. The van der Waals surface area contributed by atoms with Gasteiger partial charge in [0, 0.05) is 10.5 Å². The van der Waals surface area contributed by atoms with Crippen LogP contribution in [0.2, 0.25) is 0 Å². The Hall–Kier alpha value is -1.39. The molecule has 0 saturated carbocycles. The second-order valence-corrected chi connectivity index (χ2v) is 5.78. The van der Waals surface area contributed by atoms with E-state index in [4.69, 9.17) is 10.5 Å². The number of ether oxygens (including phenoxy) is 1. The highest BCUT2D eigenvalue weighted by atomic mass is 79.9. The predicted octanol–water partition coefficient (Wildman–Crippen LogP) is 4.58. The molecule has 0 bridgehead atoms. The quantitative estimate of drug-likeness (QED) is 0.886. The van der Waals surface area contributed by atoms with Crippen LogP contribution in [0.15, 0.2) is 40.9 Å². The zero-order valence-corrected chi connectivity index (χ0v) is 13.1. The molecule has 4 heteroatoms. The molecule has 0 amide bonds. The zero-order chi connectivity index (χ0) is 14.7. The normalized spacial score (nSPS) is 12.2. The van der Waals surface area contributed by atoms with Gasteiger partial charge in [0.05, 0.1) is 0 Å². The van der Waals surface area contributed by atoms with E-state index < -0.39 is 0 Å². The van der Waals surface area contributed by atoms with Crippen molar-refractivity contribution in [2.45, 2.75) is 26.3 Å². The Labute approximate surface area is 126 Å². The van der Waals surface area contributed by atoms with Crippen molar-refractivity contribution >= 4 is 15.9 Å². The van der Waals surface area contributed by atoms with E-state index in [1.54, 1.807) is 25.1 Å². The van der Waals surface area contributed by atoms with E-state index >= 15 is 0 Å². The van der Waals surface area contributed by atoms with Crippen LogP contribution in [0.3, 0.4) is 0 Å². The molecule has 1 atom stereocenters. The van der Waals surface area contributed by atoms with Crippen LogP contribution in [0.1, 0.15) is 18.1 Å². The SMILES string of the molecule is Cc1cccc(Oc2ccc(CC(C)N)c(Br)c2)c1F. The second-order valence-electron chi connectivity index (χ2n) is 4.92. The second kappa shape index (κ2) is 6.37. The van der Waals surface area contributed by atoms with Crippen LogP contribution in [-0.2, 0) is 6.42 Å². The number of rotatable bonds is 4.